The van der Waals surface area contributed by atoms with Crippen molar-refractivity contribution in [1.82, 2.24) is 10.3 Å². The highest BCUT2D eigenvalue weighted by Gasteiger charge is 2.16. The van der Waals surface area contributed by atoms with E-state index in [9.17, 15) is 4.79 Å². The number of carbonyl (C=O) groups excluding carboxylic acids is 1. The summed E-state index contributed by atoms with van der Waals surface area (Å²) in [4.78, 5) is 15.6. The SMILES string of the molecule is CNC(=O)c1cccc(OC2CCOCC2)n1. The van der Waals surface area contributed by atoms with Crippen LogP contribution < -0.4 is 10.1 Å². The summed E-state index contributed by atoms with van der Waals surface area (Å²) >= 11 is 0. The predicted octanol–water partition coefficient (Wildman–Crippen LogP) is 0.999. The Kier molecular flexibility index (Phi) is 3.93. The minimum absolute atomic E-state index is 0.135. The van der Waals surface area contributed by atoms with Crippen molar-refractivity contribution in [3.8, 4) is 5.88 Å². The second-order valence-electron chi connectivity index (χ2n) is 3.87. The van der Waals surface area contributed by atoms with Gasteiger partial charge in [-0.25, -0.2) is 4.98 Å². The maximum absolute atomic E-state index is 11.4. The smallest absolute Gasteiger partial charge is 0.269 e. The van der Waals surface area contributed by atoms with Crippen molar-refractivity contribution in [2.24, 2.45) is 0 Å². The second kappa shape index (κ2) is 5.63. The van der Waals surface area contributed by atoms with Crippen LogP contribution in [0.5, 0.6) is 5.88 Å². The molecule has 0 radical (unpaired) electrons. The molecule has 0 bridgehead atoms. The fourth-order valence-electron chi connectivity index (χ4n) is 1.70. The average molecular weight is 236 g/mol. The molecular weight excluding hydrogens is 220 g/mol. The molecule has 2 rings (SSSR count). The van der Waals surface area contributed by atoms with Crippen LogP contribution in [0.2, 0.25) is 0 Å². The van der Waals surface area contributed by atoms with Crippen LogP contribution in [0.15, 0.2) is 18.2 Å². The number of nitrogens with zero attached hydrogens (tertiary/aromatic N) is 1. The first kappa shape index (κ1) is 11.9. The van der Waals surface area contributed by atoms with E-state index in [2.05, 4.69) is 10.3 Å². The van der Waals surface area contributed by atoms with E-state index < -0.39 is 0 Å². The molecule has 0 aliphatic carbocycles. The van der Waals surface area contributed by atoms with Gasteiger partial charge in [-0.2, -0.15) is 0 Å². The summed E-state index contributed by atoms with van der Waals surface area (Å²) in [6, 6.07) is 5.20. The third kappa shape index (κ3) is 3.17. The molecule has 1 fully saturated rings. The van der Waals surface area contributed by atoms with Crippen LogP contribution in [-0.4, -0.2) is 37.3 Å². The fraction of sp³-hybridized carbons (Fsp3) is 0.500. The summed E-state index contributed by atoms with van der Waals surface area (Å²) in [6.45, 7) is 1.44. The van der Waals surface area contributed by atoms with Gasteiger partial charge in [-0.15, -0.1) is 0 Å². The molecule has 1 saturated heterocycles. The van der Waals surface area contributed by atoms with E-state index in [-0.39, 0.29) is 12.0 Å². The first-order valence-corrected chi connectivity index (χ1v) is 5.73. The molecule has 0 unspecified atom stereocenters. The summed E-state index contributed by atoms with van der Waals surface area (Å²) in [5.41, 5.74) is 0.372. The Morgan fingerprint density at radius 3 is 2.94 bits per heavy atom. The molecule has 0 atom stereocenters. The lowest BCUT2D eigenvalue weighted by atomic mass is 10.1. The quantitative estimate of drug-likeness (QED) is 0.850. The summed E-state index contributed by atoms with van der Waals surface area (Å²) in [5.74, 6) is 0.292. The highest BCUT2D eigenvalue weighted by atomic mass is 16.5. The maximum Gasteiger partial charge on any atom is 0.269 e. The number of carbonyl (C=O) groups is 1. The number of pyridine rings is 1. The standard InChI is InChI=1S/C12H16N2O3/c1-13-12(15)10-3-2-4-11(14-10)17-9-5-7-16-8-6-9/h2-4,9H,5-8H2,1H3,(H,13,15). The van der Waals surface area contributed by atoms with E-state index in [1.54, 1.807) is 25.2 Å². The fourth-order valence-corrected chi connectivity index (χ4v) is 1.70. The third-order valence-electron chi connectivity index (χ3n) is 2.64. The first-order chi connectivity index (χ1) is 8.29. The zero-order valence-corrected chi connectivity index (χ0v) is 9.81. The molecule has 0 saturated carbocycles. The van der Waals surface area contributed by atoms with Gasteiger partial charge in [-0.05, 0) is 6.07 Å². The molecule has 1 aliphatic heterocycles. The lowest BCUT2D eigenvalue weighted by Gasteiger charge is -2.22. The molecule has 92 valence electrons. The van der Waals surface area contributed by atoms with E-state index in [4.69, 9.17) is 9.47 Å². The van der Waals surface area contributed by atoms with Gasteiger partial charge in [-0.3, -0.25) is 4.79 Å². The van der Waals surface area contributed by atoms with Crippen molar-refractivity contribution < 1.29 is 14.3 Å². The van der Waals surface area contributed by atoms with Crippen LogP contribution in [0.4, 0.5) is 0 Å². The van der Waals surface area contributed by atoms with Crippen LogP contribution in [0, 0.1) is 0 Å². The zero-order valence-electron chi connectivity index (χ0n) is 9.81. The van der Waals surface area contributed by atoms with Crippen molar-refractivity contribution in [2.75, 3.05) is 20.3 Å². The Morgan fingerprint density at radius 1 is 1.47 bits per heavy atom. The Hall–Kier alpha value is -1.62. The van der Waals surface area contributed by atoms with Gasteiger partial charge >= 0.3 is 0 Å². The number of ether oxygens (including phenoxy) is 2. The Labute approximate surface area is 100 Å². The van der Waals surface area contributed by atoms with Crippen LogP contribution in [0.1, 0.15) is 23.3 Å². The van der Waals surface area contributed by atoms with E-state index in [0.717, 1.165) is 26.1 Å². The number of hydrogen-bond donors (Lipinski definition) is 1. The molecule has 0 aromatic carbocycles. The largest absolute Gasteiger partial charge is 0.474 e. The molecule has 5 heteroatoms. The van der Waals surface area contributed by atoms with Crippen molar-refractivity contribution >= 4 is 5.91 Å². The molecule has 5 nitrogen and oxygen atoms in total. The van der Waals surface area contributed by atoms with Gasteiger partial charge in [0.2, 0.25) is 5.88 Å². The maximum atomic E-state index is 11.4. The minimum Gasteiger partial charge on any atom is -0.474 e. The van der Waals surface area contributed by atoms with Crippen molar-refractivity contribution in [3.63, 3.8) is 0 Å². The van der Waals surface area contributed by atoms with Crippen LogP contribution in [0.25, 0.3) is 0 Å². The van der Waals surface area contributed by atoms with E-state index in [1.807, 2.05) is 0 Å². The number of nitrogens with one attached hydrogen (secondary N) is 1. The molecule has 1 aliphatic rings. The Morgan fingerprint density at radius 2 is 2.24 bits per heavy atom. The van der Waals surface area contributed by atoms with Gasteiger partial charge in [0.05, 0.1) is 13.2 Å². The van der Waals surface area contributed by atoms with Gasteiger partial charge in [0, 0.05) is 26.0 Å². The summed E-state index contributed by atoms with van der Waals surface area (Å²) < 4.78 is 11.0. The van der Waals surface area contributed by atoms with Gasteiger partial charge in [0.25, 0.3) is 5.91 Å². The Balaban J connectivity index is 2.02. The number of rotatable bonds is 3. The molecule has 1 amide bonds. The molecular formula is C12H16N2O3. The number of amides is 1. The molecule has 1 aromatic heterocycles. The first-order valence-electron chi connectivity index (χ1n) is 5.73. The summed E-state index contributed by atoms with van der Waals surface area (Å²) in [5, 5.41) is 2.54. The van der Waals surface area contributed by atoms with E-state index in [1.165, 1.54) is 0 Å². The van der Waals surface area contributed by atoms with Gasteiger partial charge < -0.3 is 14.8 Å². The number of hydrogen-bond acceptors (Lipinski definition) is 4. The van der Waals surface area contributed by atoms with Gasteiger partial charge in [0.15, 0.2) is 0 Å². The van der Waals surface area contributed by atoms with Crippen molar-refractivity contribution in [3.05, 3.63) is 23.9 Å². The molecule has 1 N–H and O–H groups in total. The van der Waals surface area contributed by atoms with Gasteiger partial charge in [0.1, 0.15) is 11.8 Å². The van der Waals surface area contributed by atoms with Crippen LogP contribution in [0.3, 0.4) is 0 Å². The lowest BCUT2D eigenvalue weighted by Crippen LogP contribution is -2.26. The summed E-state index contributed by atoms with van der Waals surface area (Å²) in [6.07, 6.45) is 1.87. The zero-order chi connectivity index (χ0) is 12.1. The van der Waals surface area contributed by atoms with Crippen molar-refractivity contribution in [1.29, 1.82) is 0 Å². The second-order valence-corrected chi connectivity index (χ2v) is 3.87. The normalized spacial score (nSPS) is 16.5. The summed E-state index contributed by atoms with van der Waals surface area (Å²) in [7, 11) is 1.58. The monoisotopic (exact) mass is 236 g/mol. The van der Waals surface area contributed by atoms with Crippen LogP contribution >= 0.6 is 0 Å². The minimum atomic E-state index is -0.206. The lowest BCUT2D eigenvalue weighted by molar-refractivity contribution is 0.0236. The average Bonchev–Trinajstić information content (AvgIpc) is 2.39. The molecule has 0 spiro atoms. The highest BCUT2D eigenvalue weighted by molar-refractivity contribution is 5.92. The molecule has 1 aromatic rings. The highest BCUT2D eigenvalue weighted by Crippen LogP contribution is 2.15. The van der Waals surface area contributed by atoms with Gasteiger partial charge in [-0.1, -0.05) is 6.07 Å². The van der Waals surface area contributed by atoms with Crippen molar-refractivity contribution in [2.45, 2.75) is 18.9 Å². The topological polar surface area (TPSA) is 60.5 Å². The Bertz CT molecular complexity index is 389. The number of aromatic nitrogens is 1. The third-order valence-corrected chi connectivity index (χ3v) is 2.64. The predicted molar refractivity (Wildman–Crippen MR) is 62.1 cm³/mol. The van der Waals surface area contributed by atoms with E-state index in [0.29, 0.717) is 11.6 Å². The molecule has 2 heterocycles. The molecule has 17 heavy (non-hydrogen) atoms. The van der Waals surface area contributed by atoms with Crippen LogP contribution in [-0.2, 0) is 4.74 Å². The van der Waals surface area contributed by atoms with E-state index >= 15 is 0 Å².